The maximum atomic E-state index is 12.9. The van der Waals surface area contributed by atoms with Gasteiger partial charge in [0.2, 0.25) is 0 Å². The lowest BCUT2D eigenvalue weighted by Crippen LogP contribution is -2.34. The Morgan fingerprint density at radius 2 is 1.77 bits per heavy atom. The molecular formula is C20H12N4O6. The molecule has 0 amide bonds. The van der Waals surface area contributed by atoms with Crippen molar-refractivity contribution in [2.75, 3.05) is 5.32 Å². The van der Waals surface area contributed by atoms with Crippen LogP contribution in [0, 0.1) is 10.1 Å². The number of nitro groups is 1. The van der Waals surface area contributed by atoms with Gasteiger partial charge in [-0.2, -0.15) is 0 Å². The van der Waals surface area contributed by atoms with Crippen LogP contribution in [0.25, 0.3) is 11.0 Å². The van der Waals surface area contributed by atoms with Gasteiger partial charge in [-0.05, 0) is 17.7 Å². The van der Waals surface area contributed by atoms with Crippen LogP contribution in [-0.2, 0) is 0 Å². The van der Waals surface area contributed by atoms with E-state index in [-0.39, 0.29) is 22.6 Å². The van der Waals surface area contributed by atoms with Gasteiger partial charge in [0, 0.05) is 17.5 Å². The molecule has 1 aliphatic rings. The minimum Gasteiger partial charge on any atom is -0.422 e. The highest BCUT2D eigenvalue weighted by Crippen LogP contribution is 2.43. The van der Waals surface area contributed by atoms with E-state index in [0.29, 0.717) is 22.2 Å². The molecule has 0 radical (unpaired) electrons. The van der Waals surface area contributed by atoms with E-state index in [9.17, 15) is 24.5 Å². The molecule has 10 nitrogen and oxygen atoms in total. The second-order valence-electron chi connectivity index (χ2n) is 6.78. The predicted molar refractivity (Wildman–Crippen MR) is 107 cm³/mol. The van der Waals surface area contributed by atoms with Crippen LogP contribution in [0.2, 0.25) is 0 Å². The third kappa shape index (κ3) is 2.54. The van der Waals surface area contributed by atoms with Crippen LogP contribution in [0.5, 0.6) is 0 Å². The number of hydrogen-bond acceptors (Lipinski definition) is 7. The summed E-state index contributed by atoms with van der Waals surface area (Å²) in [4.78, 5) is 52.9. The summed E-state index contributed by atoms with van der Waals surface area (Å²) in [6.45, 7) is 0. The topological polar surface area (TPSA) is 151 Å². The maximum absolute atomic E-state index is 12.9. The van der Waals surface area contributed by atoms with Gasteiger partial charge >= 0.3 is 11.3 Å². The number of anilines is 2. The Bertz CT molecular complexity index is 1530. The highest BCUT2D eigenvalue weighted by atomic mass is 16.6. The zero-order chi connectivity index (χ0) is 21.0. The molecule has 10 heteroatoms. The number of rotatable bonds is 2. The molecule has 0 spiro atoms. The number of nitro benzene ring substituents is 1. The zero-order valence-electron chi connectivity index (χ0n) is 15.1. The molecule has 1 atom stereocenters. The summed E-state index contributed by atoms with van der Waals surface area (Å²) in [5.41, 5.74) is -1.10. The number of aromatic nitrogens is 2. The van der Waals surface area contributed by atoms with Crippen molar-refractivity contribution in [2.45, 2.75) is 5.92 Å². The number of hydrogen-bond donors (Lipinski definition) is 3. The van der Waals surface area contributed by atoms with Crippen molar-refractivity contribution in [1.29, 1.82) is 0 Å². The van der Waals surface area contributed by atoms with Crippen LogP contribution < -0.4 is 22.2 Å². The fraction of sp³-hybridized carbons (Fsp3) is 0.0500. The van der Waals surface area contributed by atoms with Gasteiger partial charge in [0.25, 0.3) is 11.2 Å². The van der Waals surface area contributed by atoms with Crippen LogP contribution in [0.1, 0.15) is 22.6 Å². The van der Waals surface area contributed by atoms with Gasteiger partial charge in [-0.15, -0.1) is 0 Å². The van der Waals surface area contributed by atoms with Crippen molar-refractivity contribution in [1.82, 2.24) is 9.97 Å². The Morgan fingerprint density at radius 1 is 0.967 bits per heavy atom. The molecule has 0 saturated carbocycles. The average Bonchev–Trinajstić information content (AvgIpc) is 2.72. The van der Waals surface area contributed by atoms with Crippen molar-refractivity contribution < 1.29 is 9.34 Å². The molecule has 2 aromatic heterocycles. The summed E-state index contributed by atoms with van der Waals surface area (Å²) in [7, 11) is 0. The Balaban J connectivity index is 1.92. The van der Waals surface area contributed by atoms with Gasteiger partial charge in [-0.1, -0.05) is 24.3 Å². The van der Waals surface area contributed by atoms with Gasteiger partial charge in [0.05, 0.1) is 27.7 Å². The van der Waals surface area contributed by atoms with E-state index >= 15 is 0 Å². The van der Waals surface area contributed by atoms with Gasteiger partial charge in [0.15, 0.2) is 0 Å². The first-order chi connectivity index (χ1) is 14.4. The van der Waals surface area contributed by atoms with E-state index < -0.39 is 27.7 Å². The molecule has 5 rings (SSSR count). The highest BCUT2D eigenvalue weighted by molar-refractivity contribution is 5.95. The molecule has 1 aliphatic heterocycles. The third-order valence-corrected chi connectivity index (χ3v) is 5.07. The van der Waals surface area contributed by atoms with Gasteiger partial charge in [-0.25, -0.2) is 9.59 Å². The summed E-state index contributed by atoms with van der Waals surface area (Å²) in [5, 5.41) is 14.8. The van der Waals surface area contributed by atoms with Crippen molar-refractivity contribution >= 4 is 28.2 Å². The molecule has 0 aliphatic carbocycles. The number of nitrogens with zero attached hydrogens (tertiary/aromatic N) is 1. The Hall–Kier alpha value is -4.47. The molecule has 3 N–H and O–H groups in total. The smallest absolute Gasteiger partial charge is 0.342 e. The first-order valence-corrected chi connectivity index (χ1v) is 8.87. The molecule has 3 heterocycles. The summed E-state index contributed by atoms with van der Waals surface area (Å²) in [5.74, 6) is -0.874. The molecule has 30 heavy (non-hydrogen) atoms. The number of benzene rings is 2. The van der Waals surface area contributed by atoms with Crippen molar-refractivity contribution in [3.05, 3.63) is 107 Å². The first-order valence-electron chi connectivity index (χ1n) is 8.87. The molecule has 0 bridgehead atoms. The summed E-state index contributed by atoms with van der Waals surface area (Å²) in [6.07, 6.45) is 0. The van der Waals surface area contributed by atoms with Gasteiger partial charge < -0.3 is 9.73 Å². The van der Waals surface area contributed by atoms with E-state index in [0.717, 1.165) is 0 Å². The highest BCUT2D eigenvalue weighted by Gasteiger charge is 2.35. The Morgan fingerprint density at radius 3 is 2.57 bits per heavy atom. The minimum atomic E-state index is -0.988. The average molecular weight is 404 g/mol. The third-order valence-electron chi connectivity index (χ3n) is 5.07. The van der Waals surface area contributed by atoms with E-state index in [2.05, 4.69) is 15.3 Å². The normalized spacial score (nSPS) is 14.6. The summed E-state index contributed by atoms with van der Waals surface area (Å²) < 4.78 is 5.45. The lowest BCUT2D eigenvalue weighted by Gasteiger charge is -2.27. The Labute approximate surface area is 166 Å². The number of aromatic amines is 2. The van der Waals surface area contributed by atoms with Crippen LogP contribution in [0.15, 0.2) is 67.3 Å². The fourth-order valence-corrected chi connectivity index (χ4v) is 3.85. The molecule has 1 unspecified atom stereocenters. The van der Waals surface area contributed by atoms with E-state index in [1.807, 2.05) is 0 Å². The lowest BCUT2D eigenvalue weighted by molar-refractivity contribution is -0.384. The largest absolute Gasteiger partial charge is 0.422 e. The van der Waals surface area contributed by atoms with Crippen LogP contribution in [-0.4, -0.2) is 14.9 Å². The lowest BCUT2D eigenvalue weighted by atomic mass is 9.82. The van der Waals surface area contributed by atoms with Crippen molar-refractivity contribution in [3.8, 4) is 0 Å². The number of para-hydroxylation sites is 1. The van der Waals surface area contributed by atoms with E-state index in [1.54, 1.807) is 30.3 Å². The molecular weight excluding hydrogens is 392 g/mol. The quantitative estimate of drug-likeness (QED) is 0.232. The summed E-state index contributed by atoms with van der Waals surface area (Å²) >= 11 is 0. The van der Waals surface area contributed by atoms with Crippen LogP contribution in [0.4, 0.5) is 17.2 Å². The van der Waals surface area contributed by atoms with Crippen LogP contribution in [0.3, 0.4) is 0 Å². The monoisotopic (exact) mass is 404 g/mol. The second kappa shape index (κ2) is 6.27. The van der Waals surface area contributed by atoms with E-state index in [4.69, 9.17) is 4.42 Å². The molecule has 2 aromatic carbocycles. The fourth-order valence-electron chi connectivity index (χ4n) is 3.85. The zero-order valence-corrected chi connectivity index (χ0v) is 15.1. The number of H-pyrrole nitrogens is 2. The van der Waals surface area contributed by atoms with Crippen molar-refractivity contribution in [2.24, 2.45) is 0 Å². The second-order valence-corrected chi connectivity index (χ2v) is 6.78. The Kier molecular flexibility index (Phi) is 3.68. The number of non-ortho nitro benzene ring substituents is 1. The first kappa shape index (κ1) is 17.6. The molecule has 0 fully saturated rings. The molecule has 4 aromatic rings. The van der Waals surface area contributed by atoms with E-state index in [1.165, 1.54) is 18.2 Å². The van der Waals surface area contributed by atoms with Crippen molar-refractivity contribution in [3.63, 3.8) is 0 Å². The maximum Gasteiger partial charge on any atom is 0.342 e. The van der Waals surface area contributed by atoms with Gasteiger partial charge in [0.1, 0.15) is 11.4 Å². The number of nitrogens with one attached hydrogen (secondary N) is 3. The summed E-state index contributed by atoms with van der Waals surface area (Å²) in [6, 6.07) is 12.5. The molecule has 148 valence electrons. The molecule has 0 saturated heterocycles. The predicted octanol–water partition coefficient (Wildman–Crippen LogP) is 2.31. The SMILES string of the molecule is O=c1[nH]c2c(c(=O)[nH]1)C(c1cccc([N+](=O)[O-])c1)c1c(c3ccccc3oc1=O)N2. The van der Waals surface area contributed by atoms with Crippen LogP contribution >= 0.6 is 0 Å². The minimum absolute atomic E-state index is 0.0604. The number of fused-ring (bicyclic) bond motifs is 4. The van der Waals surface area contributed by atoms with Gasteiger partial charge in [-0.3, -0.25) is 24.9 Å². The standard InChI is InChI=1S/C20H12N4O6/c25-18-15-13(9-4-3-5-10(8-9)24(28)29)14-16(21-17(15)22-20(27)23-18)11-6-1-2-7-12(11)30-19(14)26/h1-8,13H,(H3,21,22,23,25,27).